The summed E-state index contributed by atoms with van der Waals surface area (Å²) in [5.74, 6) is -0.0514. The Morgan fingerprint density at radius 3 is 2.64 bits per heavy atom. The van der Waals surface area contributed by atoms with Crippen LogP contribution in [0, 0.1) is 11.3 Å². The molecule has 6 heteroatoms. The lowest BCUT2D eigenvalue weighted by atomic mass is 10.1. The van der Waals surface area contributed by atoms with E-state index in [1.54, 1.807) is 4.90 Å². The molecule has 1 atom stereocenters. The third kappa shape index (κ3) is 4.37. The van der Waals surface area contributed by atoms with Crippen molar-refractivity contribution in [2.45, 2.75) is 44.2 Å². The van der Waals surface area contributed by atoms with E-state index >= 15 is 0 Å². The van der Waals surface area contributed by atoms with Crippen LogP contribution in [0.2, 0.25) is 0 Å². The number of nitrogens with zero attached hydrogens (tertiary/aromatic N) is 2. The van der Waals surface area contributed by atoms with Crippen LogP contribution in [0.4, 0.5) is 0 Å². The Balaban J connectivity index is 1.32. The molecule has 2 N–H and O–H groups in total. The fraction of sp³-hybridized carbons (Fsp3) is 0.526. The summed E-state index contributed by atoms with van der Waals surface area (Å²) >= 11 is 0. The number of amides is 2. The highest BCUT2D eigenvalue weighted by Gasteiger charge is 2.28. The SMILES string of the molecule is N#C[C@@H]1CCCN1C(=O)CNCCC(=O)NC1Cc2ccccc2C1. The van der Waals surface area contributed by atoms with E-state index in [1.807, 2.05) is 12.1 Å². The monoisotopic (exact) mass is 340 g/mol. The number of rotatable bonds is 6. The number of nitriles is 1. The zero-order valence-corrected chi connectivity index (χ0v) is 14.3. The van der Waals surface area contributed by atoms with Crippen molar-refractivity contribution in [1.82, 2.24) is 15.5 Å². The van der Waals surface area contributed by atoms with E-state index in [2.05, 4.69) is 28.8 Å². The van der Waals surface area contributed by atoms with Crippen LogP contribution in [-0.2, 0) is 22.4 Å². The van der Waals surface area contributed by atoms with Gasteiger partial charge in [0.1, 0.15) is 6.04 Å². The van der Waals surface area contributed by atoms with Crippen molar-refractivity contribution in [3.8, 4) is 6.07 Å². The van der Waals surface area contributed by atoms with Gasteiger partial charge in [0.15, 0.2) is 0 Å². The lowest BCUT2D eigenvalue weighted by molar-refractivity contribution is -0.130. The second kappa shape index (κ2) is 8.13. The van der Waals surface area contributed by atoms with Crippen molar-refractivity contribution >= 4 is 11.8 Å². The maximum Gasteiger partial charge on any atom is 0.237 e. The van der Waals surface area contributed by atoms with E-state index in [4.69, 9.17) is 5.26 Å². The van der Waals surface area contributed by atoms with Crippen LogP contribution in [-0.4, -0.2) is 48.4 Å². The molecule has 1 heterocycles. The van der Waals surface area contributed by atoms with E-state index in [-0.39, 0.29) is 30.4 Å². The maximum atomic E-state index is 12.1. The molecule has 25 heavy (non-hydrogen) atoms. The summed E-state index contributed by atoms with van der Waals surface area (Å²) in [6.07, 6.45) is 3.77. The molecule has 1 aliphatic carbocycles. The van der Waals surface area contributed by atoms with Crippen LogP contribution in [0.1, 0.15) is 30.4 Å². The van der Waals surface area contributed by atoms with Gasteiger partial charge in [0.25, 0.3) is 0 Å². The zero-order valence-electron chi connectivity index (χ0n) is 14.3. The van der Waals surface area contributed by atoms with Gasteiger partial charge < -0.3 is 15.5 Å². The highest BCUT2D eigenvalue weighted by Crippen LogP contribution is 2.21. The van der Waals surface area contributed by atoms with Crippen molar-refractivity contribution < 1.29 is 9.59 Å². The van der Waals surface area contributed by atoms with Gasteiger partial charge in [-0.25, -0.2) is 0 Å². The van der Waals surface area contributed by atoms with E-state index < -0.39 is 0 Å². The third-order valence-electron chi connectivity index (χ3n) is 4.94. The highest BCUT2D eigenvalue weighted by molar-refractivity contribution is 5.79. The Labute approximate surface area is 148 Å². The van der Waals surface area contributed by atoms with Gasteiger partial charge in [-0.1, -0.05) is 24.3 Å². The van der Waals surface area contributed by atoms with Gasteiger partial charge in [0, 0.05) is 25.6 Å². The Bertz CT molecular complexity index is 657. The van der Waals surface area contributed by atoms with E-state index in [0.29, 0.717) is 19.5 Å². The molecule has 0 radical (unpaired) electrons. The molecule has 6 nitrogen and oxygen atoms in total. The molecule has 0 aromatic heterocycles. The van der Waals surface area contributed by atoms with Crippen molar-refractivity contribution in [2.75, 3.05) is 19.6 Å². The van der Waals surface area contributed by atoms with E-state index in [9.17, 15) is 9.59 Å². The molecule has 0 saturated carbocycles. The molecule has 1 aromatic carbocycles. The first-order valence-corrected chi connectivity index (χ1v) is 8.93. The fourth-order valence-electron chi connectivity index (χ4n) is 3.66. The van der Waals surface area contributed by atoms with Crippen LogP contribution in [0.5, 0.6) is 0 Å². The summed E-state index contributed by atoms with van der Waals surface area (Å²) in [7, 11) is 0. The molecule has 0 unspecified atom stereocenters. The second-order valence-electron chi connectivity index (χ2n) is 6.74. The van der Waals surface area contributed by atoms with Crippen molar-refractivity contribution in [3.63, 3.8) is 0 Å². The number of hydrogen-bond acceptors (Lipinski definition) is 4. The molecule has 1 saturated heterocycles. The standard InChI is InChI=1S/C19H24N4O2/c20-12-17-6-3-9-23(17)19(25)13-21-8-7-18(24)22-16-10-14-4-1-2-5-15(14)11-16/h1-2,4-5,16-17,21H,3,6-11,13H2,(H,22,24)/t17-/m0/s1. The largest absolute Gasteiger partial charge is 0.353 e. The molecule has 1 fully saturated rings. The number of hydrogen-bond donors (Lipinski definition) is 2. The summed E-state index contributed by atoms with van der Waals surface area (Å²) in [5.41, 5.74) is 2.63. The minimum Gasteiger partial charge on any atom is -0.353 e. The average Bonchev–Trinajstić information content (AvgIpc) is 3.24. The molecule has 132 valence electrons. The Morgan fingerprint density at radius 2 is 1.96 bits per heavy atom. The van der Waals surface area contributed by atoms with E-state index in [1.165, 1.54) is 11.1 Å². The molecule has 1 aliphatic heterocycles. The van der Waals surface area contributed by atoms with Crippen molar-refractivity contribution in [2.24, 2.45) is 0 Å². The third-order valence-corrected chi connectivity index (χ3v) is 4.94. The first-order valence-electron chi connectivity index (χ1n) is 8.93. The molecule has 0 spiro atoms. The smallest absolute Gasteiger partial charge is 0.237 e. The predicted octanol–water partition coefficient (Wildman–Crippen LogP) is 0.764. The number of nitrogens with one attached hydrogen (secondary N) is 2. The van der Waals surface area contributed by atoms with Gasteiger partial charge in [-0.3, -0.25) is 9.59 Å². The average molecular weight is 340 g/mol. The van der Waals surface area contributed by atoms with Gasteiger partial charge in [-0.2, -0.15) is 5.26 Å². The van der Waals surface area contributed by atoms with Gasteiger partial charge in [-0.05, 0) is 36.8 Å². The van der Waals surface area contributed by atoms with Crippen molar-refractivity contribution in [3.05, 3.63) is 35.4 Å². The predicted molar refractivity (Wildman–Crippen MR) is 93.6 cm³/mol. The van der Waals surface area contributed by atoms with Crippen LogP contribution >= 0.6 is 0 Å². The van der Waals surface area contributed by atoms with Gasteiger partial charge in [-0.15, -0.1) is 0 Å². The summed E-state index contributed by atoms with van der Waals surface area (Å²) < 4.78 is 0. The number of carbonyl (C=O) groups excluding carboxylic acids is 2. The summed E-state index contributed by atoms with van der Waals surface area (Å²) in [4.78, 5) is 25.8. The lowest BCUT2D eigenvalue weighted by Crippen LogP contribution is -2.42. The maximum absolute atomic E-state index is 12.1. The quantitative estimate of drug-likeness (QED) is 0.749. The minimum atomic E-state index is -0.290. The van der Waals surface area contributed by atoms with Gasteiger partial charge >= 0.3 is 0 Å². The highest BCUT2D eigenvalue weighted by atomic mass is 16.2. The summed E-state index contributed by atoms with van der Waals surface area (Å²) in [6.45, 7) is 1.30. The Kier molecular flexibility index (Phi) is 5.67. The minimum absolute atomic E-state index is 0.00817. The topological polar surface area (TPSA) is 85.2 Å². The first kappa shape index (κ1) is 17.4. The van der Waals surface area contributed by atoms with E-state index in [0.717, 1.165) is 25.7 Å². The molecular weight excluding hydrogens is 316 g/mol. The summed E-state index contributed by atoms with van der Waals surface area (Å²) in [5, 5.41) is 15.1. The lowest BCUT2D eigenvalue weighted by Gasteiger charge is -2.19. The molecule has 3 rings (SSSR count). The normalized spacial score (nSPS) is 19.5. The second-order valence-corrected chi connectivity index (χ2v) is 6.74. The molecule has 2 aliphatic rings. The first-order chi connectivity index (χ1) is 12.2. The van der Waals surface area contributed by atoms with Gasteiger partial charge in [0.2, 0.25) is 11.8 Å². The molecule has 0 bridgehead atoms. The van der Waals surface area contributed by atoms with Gasteiger partial charge in [0.05, 0.1) is 12.6 Å². The Morgan fingerprint density at radius 1 is 1.24 bits per heavy atom. The molecular formula is C19H24N4O2. The van der Waals surface area contributed by atoms with Crippen LogP contribution in [0.15, 0.2) is 24.3 Å². The van der Waals surface area contributed by atoms with Crippen LogP contribution < -0.4 is 10.6 Å². The fourth-order valence-corrected chi connectivity index (χ4v) is 3.66. The molecule has 1 aromatic rings. The summed E-state index contributed by atoms with van der Waals surface area (Å²) in [6, 6.07) is 10.3. The van der Waals surface area contributed by atoms with Crippen molar-refractivity contribution in [1.29, 1.82) is 5.26 Å². The molecule has 2 amide bonds. The number of likely N-dealkylation sites (tertiary alicyclic amines) is 1. The zero-order chi connectivity index (χ0) is 17.6. The van der Waals surface area contributed by atoms with Crippen LogP contribution in [0.3, 0.4) is 0 Å². The van der Waals surface area contributed by atoms with Crippen LogP contribution in [0.25, 0.3) is 0 Å². The Hall–Kier alpha value is -2.39. The number of benzene rings is 1. The number of carbonyl (C=O) groups is 2. The number of fused-ring (bicyclic) bond motifs is 1.